The molecule has 0 saturated carbocycles. The van der Waals surface area contributed by atoms with E-state index < -0.39 is 0 Å². The average molecular weight is 184 g/mol. The van der Waals surface area contributed by atoms with E-state index in [2.05, 4.69) is 40.9 Å². The molecule has 1 aliphatic heterocycles. The van der Waals surface area contributed by atoms with E-state index >= 15 is 0 Å². The molecule has 0 N–H and O–H groups in total. The summed E-state index contributed by atoms with van der Waals surface area (Å²) >= 11 is 0. The van der Waals surface area contributed by atoms with Gasteiger partial charge in [0, 0.05) is 24.5 Å². The van der Waals surface area contributed by atoms with Gasteiger partial charge in [0.15, 0.2) is 0 Å². The zero-order chi connectivity index (χ0) is 9.54. The van der Waals surface area contributed by atoms with E-state index in [0.717, 1.165) is 18.8 Å². The molecular formula is C12H12N2. The summed E-state index contributed by atoms with van der Waals surface area (Å²) in [7, 11) is 0. The van der Waals surface area contributed by atoms with Gasteiger partial charge in [0.25, 0.3) is 0 Å². The van der Waals surface area contributed by atoms with Crippen molar-refractivity contribution in [1.29, 1.82) is 0 Å². The summed E-state index contributed by atoms with van der Waals surface area (Å²) in [6.45, 7) is 3.22. The minimum absolute atomic E-state index is 1.06. The van der Waals surface area contributed by atoms with Crippen molar-refractivity contribution in [3.05, 3.63) is 41.7 Å². The molecule has 1 aromatic carbocycles. The third-order valence-corrected chi connectivity index (χ3v) is 2.92. The molecule has 14 heavy (non-hydrogen) atoms. The number of fused-ring (bicyclic) bond motifs is 3. The summed E-state index contributed by atoms with van der Waals surface area (Å²) in [5.74, 6) is 1.13. The number of nitrogens with zero attached hydrogens (tertiary/aromatic N) is 2. The Morgan fingerprint density at radius 3 is 3.21 bits per heavy atom. The van der Waals surface area contributed by atoms with Crippen LogP contribution < -0.4 is 0 Å². The minimum atomic E-state index is 1.06. The largest absolute Gasteiger partial charge is 0.331 e. The molecule has 0 atom stereocenters. The predicted molar refractivity (Wildman–Crippen MR) is 56.1 cm³/mol. The first kappa shape index (κ1) is 7.80. The third kappa shape index (κ3) is 0.939. The van der Waals surface area contributed by atoms with Gasteiger partial charge in [-0.3, -0.25) is 0 Å². The minimum Gasteiger partial charge on any atom is -0.331 e. The molecule has 0 saturated heterocycles. The monoisotopic (exact) mass is 184 g/mol. The lowest BCUT2D eigenvalue weighted by atomic mass is 9.96. The van der Waals surface area contributed by atoms with Crippen molar-refractivity contribution in [2.45, 2.75) is 19.9 Å². The van der Waals surface area contributed by atoms with Crippen LogP contribution in [0.3, 0.4) is 0 Å². The quantitative estimate of drug-likeness (QED) is 0.614. The lowest BCUT2D eigenvalue weighted by Gasteiger charge is -2.19. The molecule has 0 bridgehead atoms. The highest BCUT2D eigenvalue weighted by Gasteiger charge is 2.17. The normalized spacial score (nSPS) is 13.5. The maximum absolute atomic E-state index is 4.42. The number of hydrogen-bond acceptors (Lipinski definition) is 1. The molecule has 2 aromatic rings. The van der Waals surface area contributed by atoms with Crippen molar-refractivity contribution in [3.8, 4) is 11.4 Å². The van der Waals surface area contributed by atoms with Crippen LogP contribution in [-0.4, -0.2) is 9.55 Å². The summed E-state index contributed by atoms with van der Waals surface area (Å²) in [5.41, 5.74) is 4.10. The van der Waals surface area contributed by atoms with Crippen LogP contribution >= 0.6 is 0 Å². The number of imidazole rings is 1. The van der Waals surface area contributed by atoms with E-state index in [-0.39, 0.29) is 0 Å². The van der Waals surface area contributed by atoms with Gasteiger partial charge in [-0.2, -0.15) is 0 Å². The third-order valence-electron chi connectivity index (χ3n) is 2.92. The predicted octanol–water partition coefficient (Wildman–Crippen LogP) is 2.41. The van der Waals surface area contributed by atoms with E-state index in [1.807, 2.05) is 6.20 Å². The highest BCUT2D eigenvalue weighted by atomic mass is 15.1. The van der Waals surface area contributed by atoms with Gasteiger partial charge in [0.2, 0.25) is 0 Å². The van der Waals surface area contributed by atoms with Crippen LogP contribution in [0.4, 0.5) is 0 Å². The molecule has 0 unspecified atom stereocenters. The number of hydrogen-bond donors (Lipinski definition) is 0. The van der Waals surface area contributed by atoms with Crippen molar-refractivity contribution in [1.82, 2.24) is 9.55 Å². The van der Waals surface area contributed by atoms with Gasteiger partial charge in [-0.1, -0.05) is 18.2 Å². The molecule has 1 aliphatic rings. The SMILES string of the molecule is Cc1cccc2c1-c1nccn1CC2. The molecular weight excluding hydrogens is 172 g/mol. The van der Waals surface area contributed by atoms with Gasteiger partial charge in [0.1, 0.15) is 5.82 Å². The van der Waals surface area contributed by atoms with Crippen molar-refractivity contribution < 1.29 is 0 Å². The lowest BCUT2D eigenvalue weighted by Crippen LogP contribution is -2.11. The van der Waals surface area contributed by atoms with E-state index in [1.165, 1.54) is 16.7 Å². The highest BCUT2D eigenvalue weighted by molar-refractivity contribution is 5.66. The Hall–Kier alpha value is -1.57. The molecule has 0 radical (unpaired) electrons. The van der Waals surface area contributed by atoms with E-state index in [9.17, 15) is 0 Å². The highest BCUT2D eigenvalue weighted by Crippen LogP contribution is 2.30. The molecule has 3 rings (SSSR count). The van der Waals surface area contributed by atoms with Crippen LogP contribution in [0, 0.1) is 6.92 Å². The number of aryl methyl sites for hydroxylation is 3. The number of rotatable bonds is 0. The van der Waals surface area contributed by atoms with E-state index in [4.69, 9.17) is 0 Å². The fraction of sp³-hybridized carbons (Fsp3) is 0.250. The standard InChI is InChI=1S/C12H12N2/c1-9-3-2-4-10-5-7-14-8-6-13-12(14)11(9)10/h2-4,6,8H,5,7H2,1H3. The first-order chi connectivity index (χ1) is 6.86. The molecule has 0 fully saturated rings. The first-order valence-corrected chi connectivity index (χ1v) is 4.96. The Morgan fingerprint density at radius 2 is 2.29 bits per heavy atom. The molecule has 70 valence electrons. The summed E-state index contributed by atoms with van der Waals surface area (Å²) in [4.78, 5) is 4.42. The van der Waals surface area contributed by atoms with Gasteiger partial charge in [-0.05, 0) is 24.5 Å². The zero-order valence-electron chi connectivity index (χ0n) is 8.20. The van der Waals surface area contributed by atoms with Crippen LogP contribution in [0.5, 0.6) is 0 Å². The lowest BCUT2D eigenvalue weighted by molar-refractivity contribution is 0.682. The zero-order valence-corrected chi connectivity index (χ0v) is 8.20. The van der Waals surface area contributed by atoms with E-state index in [1.54, 1.807) is 0 Å². The average Bonchev–Trinajstić information content (AvgIpc) is 2.65. The van der Waals surface area contributed by atoms with Gasteiger partial charge in [0.05, 0.1) is 0 Å². The van der Waals surface area contributed by atoms with Crippen molar-refractivity contribution in [2.24, 2.45) is 0 Å². The van der Waals surface area contributed by atoms with E-state index in [0.29, 0.717) is 0 Å². The van der Waals surface area contributed by atoms with Crippen LogP contribution in [0.2, 0.25) is 0 Å². The molecule has 2 heterocycles. The van der Waals surface area contributed by atoms with Crippen molar-refractivity contribution in [2.75, 3.05) is 0 Å². The van der Waals surface area contributed by atoms with Gasteiger partial charge < -0.3 is 4.57 Å². The summed E-state index contributed by atoms with van der Waals surface area (Å²) in [6.07, 6.45) is 5.07. The number of benzene rings is 1. The number of aromatic nitrogens is 2. The molecule has 2 heteroatoms. The van der Waals surface area contributed by atoms with Gasteiger partial charge in [-0.15, -0.1) is 0 Å². The molecule has 2 nitrogen and oxygen atoms in total. The Morgan fingerprint density at radius 1 is 1.36 bits per heavy atom. The fourth-order valence-electron chi connectivity index (χ4n) is 2.22. The Bertz CT molecular complexity index is 483. The maximum Gasteiger partial charge on any atom is 0.140 e. The van der Waals surface area contributed by atoms with Crippen LogP contribution in [0.25, 0.3) is 11.4 Å². The van der Waals surface area contributed by atoms with Crippen molar-refractivity contribution in [3.63, 3.8) is 0 Å². The summed E-state index contributed by atoms with van der Waals surface area (Å²) < 4.78 is 2.23. The second-order valence-corrected chi connectivity index (χ2v) is 3.80. The Balaban J connectivity index is 2.34. The first-order valence-electron chi connectivity index (χ1n) is 4.96. The Labute approximate surface area is 83.2 Å². The second-order valence-electron chi connectivity index (χ2n) is 3.80. The smallest absolute Gasteiger partial charge is 0.140 e. The topological polar surface area (TPSA) is 17.8 Å². The molecule has 0 spiro atoms. The summed E-state index contributed by atoms with van der Waals surface area (Å²) in [5, 5.41) is 0. The van der Waals surface area contributed by atoms with Crippen molar-refractivity contribution >= 4 is 0 Å². The van der Waals surface area contributed by atoms with Crippen LogP contribution in [-0.2, 0) is 13.0 Å². The summed E-state index contributed by atoms with van der Waals surface area (Å²) in [6, 6.07) is 6.50. The molecule has 1 aromatic heterocycles. The maximum atomic E-state index is 4.42. The molecule has 0 amide bonds. The van der Waals surface area contributed by atoms with Gasteiger partial charge in [-0.25, -0.2) is 4.98 Å². The second kappa shape index (κ2) is 2.71. The fourth-order valence-corrected chi connectivity index (χ4v) is 2.22. The van der Waals surface area contributed by atoms with Crippen LogP contribution in [0.15, 0.2) is 30.6 Å². The molecule has 0 aliphatic carbocycles. The Kier molecular flexibility index (Phi) is 1.51. The van der Waals surface area contributed by atoms with Crippen LogP contribution in [0.1, 0.15) is 11.1 Å². The van der Waals surface area contributed by atoms with Gasteiger partial charge >= 0.3 is 0 Å².